The van der Waals surface area contributed by atoms with E-state index in [0.29, 0.717) is 0 Å². The first-order valence-electron chi connectivity index (χ1n) is 46.2. The molecule has 1 atom stereocenters. The van der Waals surface area contributed by atoms with Gasteiger partial charge in [0.05, 0.1) is 15.2 Å². The normalized spacial score (nSPS) is 13.4. The molecular weight excluding hydrogens is 1690 g/mol. The molecule has 136 heavy (non-hydrogen) atoms. The van der Waals surface area contributed by atoms with Crippen LogP contribution >= 0.6 is 11.8 Å². The molecule has 0 saturated heterocycles. The Balaban J connectivity index is 0.000000149. The first-order chi connectivity index (χ1) is 67.4. The molecule has 3 aliphatic heterocycles. The van der Waals surface area contributed by atoms with Crippen molar-refractivity contribution in [2.24, 2.45) is 0 Å². The van der Waals surface area contributed by atoms with Gasteiger partial charge in [-0.05, 0) is 269 Å². The predicted octanol–water partition coefficient (Wildman–Crippen LogP) is 32.1. The summed E-state index contributed by atoms with van der Waals surface area (Å²) >= 11 is 1.81. The highest BCUT2D eigenvalue weighted by Gasteiger charge is 2.52. The van der Waals surface area contributed by atoms with Crippen molar-refractivity contribution in [2.75, 3.05) is 19.6 Å². The monoisotopic (exact) mass is 1780 g/mol. The quantitative estimate of drug-likeness (QED) is 0.0742. The summed E-state index contributed by atoms with van der Waals surface area (Å²) in [5.74, 6) is 4.75. The number of ether oxygens (including phenoxy) is 3. The minimum Gasteiger partial charge on any atom is -0.455 e. The second-order valence-corrected chi connectivity index (χ2v) is 39.3. The summed E-state index contributed by atoms with van der Waals surface area (Å²) in [5, 5.41) is 5.24. The Morgan fingerprint density at radius 2 is 0.485 bits per heavy atom. The van der Waals surface area contributed by atoms with E-state index < -0.39 is 13.5 Å². The average molecular weight is 1780 g/mol. The van der Waals surface area contributed by atoms with E-state index in [1.54, 1.807) is 0 Å². The Morgan fingerprint density at radius 3 is 0.890 bits per heavy atom. The molecule has 1 unspecified atom stereocenters. The lowest BCUT2D eigenvalue weighted by molar-refractivity contribution is 0.361. The number of para-hydroxylation sites is 11. The van der Waals surface area contributed by atoms with E-state index in [2.05, 4.69) is 523 Å². The van der Waals surface area contributed by atoms with Crippen LogP contribution in [0.5, 0.6) is 34.5 Å². The molecule has 21 aromatic carbocycles. The Bertz CT molecular complexity index is 7570. The number of nitrogens with zero attached hydrogens (tertiary/aromatic N) is 4. The maximum Gasteiger partial charge on any atom is 0.181 e. The SMILES string of the molecule is c1ccc(N(c2ccccc2)c2ccc(-c3ccc(C4(c5ccc(N(c6ccccc6)c6ccccc6)cc5)c5ccccc5-c5c4ccc4c5Sc5ccccc5O4)cc3)cc2)cc1.c1ccc(N(c2ccccc2)c2ccc(-c3ccc([Si]4(c5ccc(-c6ccc(N(c7ccccc7)c7ccccc7)cc6)cc5)c5ccccc5-c5c4ccc4c5Oc5ccccc5O4)cc3)cc2)cc1. The molecule has 0 fully saturated rings. The van der Waals surface area contributed by atoms with Crippen molar-refractivity contribution in [3.8, 4) is 90.1 Å². The molecule has 0 spiro atoms. The zero-order valence-electron chi connectivity index (χ0n) is 74.2. The number of hydrogen-bond donors (Lipinski definition) is 0. The number of anilines is 12. The van der Waals surface area contributed by atoms with Gasteiger partial charge in [-0.1, -0.05) is 364 Å². The average Bonchev–Trinajstić information content (AvgIpc) is 1.53. The van der Waals surface area contributed by atoms with E-state index >= 15 is 0 Å². The van der Waals surface area contributed by atoms with Crippen molar-refractivity contribution in [3.05, 3.63) is 556 Å². The van der Waals surface area contributed by atoms with Crippen molar-refractivity contribution in [1.29, 1.82) is 0 Å². The van der Waals surface area contributed by atoms with E-state index in [1.165, 1.54) is 59.7 Å². The van der Waals surface area contributed by atoms with Crippen LogP contribution in [0.25, 0.3) is 55.6 Å². The largest absolute Gasteiger partial charge is 0.455 e. The van der Waals surface area contributed by atoms with Gasteiger partial charge in [0.2, 0.25) is 0 Å². The molecule has 1 aliphatic carbocycles. The molecule has 0 radical (unpaired) electrons. The summed E-state index contributed by atoms with van der Waals surface area (Å²) < 4.78 is 20.0. The molecule has 0 aromatic heterocycles. The van der Waals surface area contributed by atoms with Crippen LogP contribution in [0.3, 0.4) is 0 Å². The van der Waals surface area contributed by atoms with E-state index in [0.717, 1.165) is 151 Å². The molecule has 644 valence electrons. The van der Waals surface area contributed by atoms with Gasteiger partial charge >= 0.3 is 0 Å². The van der Waals surface area contributed by atoms with Crippen LogP contribution in [0.15, 0.2) is 544 Å². The molecular formula is C127H88N4O3SSi. The zero-order chi connectivity index (χ0) is 90.3. The molecule has 0 N–H and O–H groups in total. The van der Waals surface area contributed by atoms with Crippen LogP contribution < -0.4 is 54.6 Å². The molecule has 0 amide bonds. The van der Waals surface area contributed by atoms with Gasteiger partial charge in [-0.2, -0.15) is 0 Å². The van der Waals surface area contributed by atoms with E-state index in [9.17, 15) is 0 Å². The van der Waals surface area contributed by atoms with Crippen LogP contribution in [0.1, 0.15) is 22.3 Å². The summed E-state index contributed by atoms with van der Waals surface area (Å²) in [6, 6.07) is 192. The van der Waals surface area contributed by atoms with E-state index in [4.69, 9.17) is 14.2 Å². The summed E-state index contributed by atoms with van der Waals surface area (Å²) in [7, 11) is -2.97. The fraction of sp³-hybridized carbons (Fsp3) is 0.00787. The topological polar surface area (TPSA) is 40.7 Å². The Kier molecular flexibility index (Phi) is 21.4. The van der Waals surface area contributed by atoms with Crippen LogP contribution in [0.4, 0.5) is 68.2 Å². The Hall–Kier alpha value is -17.2. The van der Waals surface area contributed by atoms with Gasteiger partial charge in [-0.15, -0.1) is 0 Å². The number of fused-ring (bicyclic) bond motifs is 12. The van der Waals surface area contributed by atoms with E-state index in [-0.39, 0.29) is 0 Å². The van der Waals surface area contributed by atoms with Gasteiger partial charge in [0, 0.05) is 79.4 Å². The summed E-state index contributed by atoms with van der Waals surface area (Å²) in [6.07, 6.45) is 0. The van der Waals surface area contributed by atoms with Gasteiger partial charge < -0.3 is 33.8 Å². The van der Waals surface area contributed by atoms with Gasteiger partial charge in [0.1, 0.15) is 11.5 Å². The fourth-order valence-electron chi connectivity index (χ4n) is 20.7. The highest BCUT2D eigenvalue weighted by Crippen LogP contribution is 2.63. The summed E-state index contributed by atoms with van der Waals surface area (Å²) in [4.78, 5) is 11.5. The van der Waals surface area contributed by atoms with Gasteiger partial charge in [0.25, 0.3) is 0 Å². The number of rotatable bonds is 19. The van der Waals surface area contributed by atoms with Crippen LogP contribution in [0.2, 0.25) is 0 Å². The summed E-state index contributed by atoms with van der Waals surface area (Å²) in [5.41, 5.74) is 29.4. The predicted molar refractivity (Wildman–Crippen MR) is 565 cm³/mol. The minimum absolute atomic E-state index is 0.615. The summed E-state index contributed by atoms with van der Waals surface area (Å²) in [6.45, 7) is 0. The Labute approximate surface area is 798 Å². The maximum absolute atomic E-state index is 6.85. The van der Waals surface area contributed by atoms with Crippen molar-refractivity contribution in [3.63, 3.8) is 0 Å². The molecule has 21 aromatic rings. The first kappa shape index (κ1) is 82.0. The number of benzene rings is 21. The first-order valence-corrected chi connectivity index (χ1v) is 49.0. The van der Waals surface area contributed by atoms with Crippen LogP contribution in [0, 0.1) is 0 Å². The smallest absolute Gasteiger partial charge is 0.181 e. The van der Waals surface area contributed by atoms with Gasteiger partial charge in [-0.3, -0.25) is 0 Å². The molecule has 0 saturated carbocycles. The molecule has 4 aliphatic rings. The van der Waals surface area contributed by atoms with Crippen LogP contribution in [-0.2, 0) is 5.41 Å². The lowest BCUT2D eigenvalue weighted by Crippen LogP contribution is -2.72. The molecule has 7 nitrogen and oxygen atoms in total. The van der Waals surface area contributed by atoms with E-state index in [1.807, 2.05) is 42.1 Å². The Morgan fingerprint density at radius 1 is 0.191 bits per heavy atom. The standard InChI is InChI=1S/C66H46N2O2Si.C61H42N2OS/c1-5-17-51(18-6-1)67(52-19-7-2-8-20-52)55-37-29-47(30-38-55)49-33-41-57(42-34-49)71(63-28-16-13-25-59(63)65-64(71)46-45-62-66(65)70-61-27-15-14-26-60(61)69-62)58-43-35-50(36-44-58)48-31-39-56(40-32-48)68(53-21-9-3-10-22-53)54-23-11-4-12-24-54;1-5-17-47(18-6-1)62(48-19-7-2-8-20-48)51-37-31-44(32-38-51)43-29-33-45(34-30-43)61(46-35-39-52(40-36-46)63(49-21-9-3-10-22-49)50-23-11-4-12-24-50)54-26-14-13-25-53(54)59-55(61)41-42-57-60(59)65-58-28-16-15-27-56(58)64-57/h1-46H;1-42H. The van der Waals surface area contributed by atoms with Crippen molar-refractivity contribution in [2.45, 2.75) is 15.2 Å². The lowest BCUT2D eigenvalue weighted by atomic mass is 9.67. The third kappa shape index (κ3) is 14.7. The van der Waals surface area contributed by atoms with Crippen molar-refractivity contribution >= 4 is 109 Å². The molecule has 0 bridgehead atoms. The second kappa shape index (κ2) is 35.5. The highest BCUT2D eigenvalue weighted by atomic mass is 32.2. The van der Waals surface area contributed by atoms with Gasteiger partial charge in [0.15, 0.2) is 31.1 Å². The highest BCUT2D eigenvalue weighted by molar-refractivity contribution is 7.99. The zero-order valence-corrected chi connectivity index (χ0v) is 76.0. The molecule has 9 heteroatoms. The van der Waals surface area contributed by atoms with Crippen LogP contribution in [-0.4, -0.2) is 8.07 Å². The minimum atomic E-state index is -2.97. The number of hydrogen-bond acceptors (Lipinski definition) is 8. The fourth-order valence-corrected chi connectivity index (χ4v) is 26.9. The lowest BCUT2D eigenvalue weighted by Gasteiger charge is -2.35. The van der Waals surface area contributed by atoms with Crippen molar-refractivity contribution in [1.82, 2.24) is 0 Å². The van der Waals surface area contributed by atoms with Crippen molar-refractivity contribution < 1.29 is 14.2 Å². The van der Waals surface area contributed by atoms with Gasteiger partial charge in [-0.25, -0.2) is 0 Å². The molecule has 3 heterocycles. The second-order valence-electron chi connectivity index (χ2n) is 34.5. The molecule has 25 rings (SSSR count). The third-order valence-electron chi connectivity index (χ3n) is 26.8. The maximum atomic E-state index is 6.85. The third-order valence-corrected chi connectivity index (χ3v) is 32.9.